The van der Waals surface area contributed by atoms with Crippen LogP contribution in [0.1, 0.15) is 50.7 Å². The average molecular weight is 621 g/mol. The number of benzene rings is 3. The summed E-state index contributed by atoms with van der Waals surface area (Å²) in [6, 6.07) is 20.6. The molecular weight excluding hydrogens is 589 g/mol. The Hall–Kier alpha value is -4.71. The molecule has 5 rings (SSSR count). The summed E-state index contributed by atoms with van der Waals surface area (Å²) < 4.78 is 44.6. The first-order chi connectivity index (χ1) is 21.0. The Kier molecular flexibility index (Phi) is 9.00. The van der Waals surface area contributed by atoms with Crippen LogP contribution in [0.5, 0.6) is 5.75 Å². The quantitative estimate of drug-likeness (QED) is 0.194. The summed E-state index contributed by atoms with van der Waals surface area (Å²) >= 11 is 1.40. The van der Waals surface area contributed by atoms with Crippen molar-refractivity contribution in [3.05, 3.63) is 107 Å². The number of nitrogens with zero attached hydrogens (tertiary/aromatic N) is 5. The first-order valence-electron chi connectivity index (χ1n) is 14.0. The predicted molar refractivity (Wildman–Crippen MR) is 163 cm³/mol. The Morgan fingerprint density at radius 3 is 2.36 bits per heavy atom. The molecule has 0 aliphatic carbocycles. The summed E-state index contributed by atoms with van der Waals surface area (Å²) in [6.45, 7) is 8.24. The summed E-state index contributed by atoms with van der Waals surface area (Å²) in [7, 11) is 0. The van der Waals surface area contributed by atoms with Gasteiger partial charge in [0, 0.05) is 29.1 Å². The zero-order valence-electron chi connectivity index (χ0n) is 24.5. The lowest BCUT2D eigenvalue weighted by Crippen LogP contribution is -2.35. The van der Waals surface area contributed by atoms with Crippen LogP contribution in [-0.2, 0) is 0 Å². The maximum Gasteiger partial charge on any atom is 0.573 e. The molecular formula is C32H31F3N6O2S. The van der Waals surface area contributed by atoms with Crippen molar-refractivity contribution >= 4 is 17.4 Å². The van der Waals surface area contributed by atoms with Crippen LogP contribution in [0.25, 0.3) is 22.8 Å². The fourth-order valence-electron chi connectivity index (χ4n) is 4.71. The van der Waals surface area contributed by atoms with Crippen LogP contribution in [0.2, 0.25) is 0 Å². The molecule has 44 heavy (non-hydrogen) atoms. The van der Waals surface area contributed by atoms with Crippen molar-refractivity contribution in [2.75, 3.05) is 0 Å². The molecule has 0 saturated heterocycles. The summed E-state index contributed by atoms with van der Waals surface area (Å²) in [6.07, 6.45) is -1.34. The second-order valence-electron chi connectivity index (χ2n) is 10.6. The lowest BCUT2D eigenvalue weighted by Gasteiger charge is -2.21. The van der Waals surface area contributed by atoms with Gasteiger partial charge in [-0.25, -0.2) is 14.5 Å². The first kappa shape index (κ1) is 30.7. The number of carbonyl (C=O) groups is 1. The number of carbonyl (C=O) groups excluding carboxylic acids is 1. The topological polar surface area (TPSA) is 86.3 Å². The smallest absolute Gasteiger partial charge is 0.406 e. The highest BCUT2D eigenvalue weighted by atomic mass is 32.1. The van der Waals surface area contributed by atoms with E-state index < -0.39 is 12.4 Å². The molecule has 5 aromatic rings. The zero-order valence-corrected chi connectivity index (χ0v) is 25.3. The number of nitrogens with one attached hydrogen (secondary N) is 1. The minimum atomic E-state index is -4.75. The third kappa shape index (κ3) is 7.25. The highest BCUT2D eigenvalue weighted by Gasteiger charge is 2.31. The number of rotatable bonds is 8. The van der Waals surface area contributed by atoms with Gasteiger partial charge in [0.2, 0.25) is 0 Å². The van der Waals surface area contributed by atoms with Crippen LogP contribution < -0.4 is 14.9 Å². The van der Waals surface area contributed by atoms with Crippen molar-refractivity contribution in [1.29, 1.82) is 0 Å². The van der Waals surface area contributed by atoms with Gasteiger partial charge in [-0.1, -0.05) is 63.2 Å². The van der Waals surface area contributed by atoms with E-state index in [-0.39, 0.29) is 17.7 Å². The van der Waals surface area contributed by atoms with Gasteiger partial charge in [-0.05, 0) is 54.3 Å². The highest BCUT2D eigenvalue weighted by molar-refractivity contribution is 7.07. The van der Waals surface area contributed by atoms with Gasteiger partial charge in [-0.2, -0.15) is 4.99 Å². The molecule has 2 aromatic heterocycles. The van der Waals surface area contributed by atoms with Crippen LogP contribution in [0.3, 0.4) is 0 Å². The number of alkyl halides is 3. The molecule has 0 bridgehead atoms. The monoisotopic (exact) mass is 620 g/mol. The van der Waals surface area contributed by atoms with E-state index >= 15 is 0 Å². The molecule has 2 atom stereocenters. The number of urea groups is 1. The van der Waals surface area contributed by atoms with Gasteiger partial charge in [0.15, 0.2) is 10.6 Å². The summed E-state index contributed by atoms with van der Waals surface area (Å²) in [5, 5.41) is 9.38. The Balaban J connectivity index is 1.24. The van der Waals surface area contributed by atoms with Crippen molar-refractivity contribution in [3.8, 4) is 28.5 Å². The Labute approximate surface area is 256 Å². The molecule has 0 radical (unpaired) electrons. The lowest BCUT2D eigenvalue weighted by atomic mass is 9.93. The Morgan fingerprint density at radius 2 is 1.68 bits per heavy atom. The minimum absolute atomic E-state index is 0.0109. The molecule has 0 aliphatic rings. The molecule has 0 spiro atoms. The Bertz CT molecular complexity index is 1790. The molecule has 2 amide bonds. The van der Waals surface area contributed by atoms with Crippen molar-refractivity contribution in [2.45, 2.75) is 51.9 Å². The van der Waals surface area contributed by atoms with Gasteiger partial charge >= 0.3 is 12.4 Å². The summed E-state index contributed by atoms with van der Waals surface area (Å²) in [5.41, 5.74) is 4.50. The summed E-state index contributed by atoms with van der Waals surface area (Å²) in [5.74, 6) is 0.459. The van der Waals surface area contributed by atoms with Gasteiger partial charge in [0.25, 0.3) is 0 Å². The number of para-hydroxylation sites is 1. The number of amides is 2. The highest BCUT2D eigenvalue weighted by Crippen LogP contribution is 2.26. The third-order valence-corrected chi connectivity index (χ3v) is 7.98. The fraction of sp³-hybridized carbons (Fsp3) is 0.250. The van der Waals surface area contributed by atoms with Gasteiger partial charge in [-0.3, -0.25) is 4.57 Å². The molecule has 1 N–H and O–H groups in total. The number of hydrogen-bond donors (Lipinski definition) is 1. The molecule has 8 nitrogen and oxygen atoms in total. The number of thiazole rings is 1. The first-order valence-corrected chi connectivity index (χ1v) is 14.9. The molecule has 0 fully saturated rings. The van der Waals surface area contributed by atoms with Gasteiger partial charge in [0.05, 0.1) is 11.4 Å². The average Bonchev–Trinajstić information content (AvgIpc) is 3.67. The van der Waals surface area contributed by atoms with Crippen molar-refractivity contribution in [2.24, 2.45) is 4.99 Å². The third-order valence-electron chi connectivity index (χ3n) is 7.23. The second kappa shape index (κ2) is 12.9. The fourth-order valence-corrected chi connectivity index (χ4v) is 5.43. The van der Waals surface area contributed by atoms with Crippen LogP contribution >= 0.6 is 11.3 Å². The molecule has 0 saturated carbocycles. The number of ether oxygens (including phenoxy) is 1. The normalized spacial score (nSPS) is 13.6. The van der Waals surface area contributed by atoms with Crippen molar-refractivity contribution < 1.29 is 22.7 Å². The second-order valence-corrected chi connectivity index (χ2v) is 11.5. The van der Waals surface area contributed by atoms with Crippen molar-refractivity contribution in [3.63, 3.8) is 0 Å². The van der Waals surface area contributed by atoms with Crippen LogP contribution in [0.15, 0.2) is 95.7 Å². The largest absolute Gasteiger partial charge is 0.573 e. The van der Waals surface area contributed by atoms with E-state index in [2.05, 4.69) is 45.0 Å². The standard InChI is InChI=1S/C32H31F3N6O2S/c1-20(2)27-7-5-6-8-28(27)40-17-18-44-31(40)38-30(42)37-22(4)21(3)23-9-11-24(12-10-23)29-36-19-41(39-29)25-13-15-26(16-14-25)43-32(33,34)35/h5-22H,1-4H3,(H,37,42). The van der Waals surface area contributed by atoms with Crippen LogP contribution in [0, 0.1) is 0 Å². The zero-order chi connectivity index (χ0) is 31.4. The lowest BCUT2D eigenvalue weighted by molar-refractivity contribution is -0.274. The van der Waals surface area contributed by atoms with E-state index in [0.717, 1.165) is 16.8 Å². The molecule has 12 heteroatoms. The number of halogens is 3. The molecule has 2 unspecified atom stereocenters. The van der Waals surface area contributed by atoms with Crippen LogP contribution in [0.4, 0.5) is 18.0 Å². The van der Waals surface area contributed by atoms with E-state index in [1.165, 1.54) is 52.2 Å². The van der Waals surface area contributed by atoms with Gasteiger partial charge in [-0.15, -0.1) is 29.6 Å². The van der Waals surface area contributed by atoms with E-state index in [1.807, 2.05) is 72.5 Å². The van der Waals surface area contributed by atoms with E-state index in [1.54, 1.807) is 0 Å². The molecule has 2 heterocycles. The minimum Gasteiger partial charge on any atom is -0.406 e. The van der Waals surface area contributed by atoms with E-state index in [4.69, 9.17) is 0 Å². The molecule has 228 valence electrons. The number of aromatic nitrogens is 4. The van der Waals surface area contributed by atoms with Crippen LogP contribution in [-0.4, -0.2) is 37.8 Å². The van der Waals surface area contributed by atoms with Gasteiger partial charge in [0.1, 0.15) is 12.1 Å². The summed E-state index contributed by atoms with van der Waals surface area (Å²) in [4.78, 5) is 22.2. The SMILES string of the molecule is CC(C)c1ccccc1-n1ccsc1=NC(=O)NC(C)C(C)c1ccc(-c2ncn(-c3ccc(OC(F)(F)F)cc3)n2)cc1. The Morgan fingerprint density at radius 1 is 0.977 bits per heavy atom. The maximum absolute atomic E-state index is 12.9. The van der Waals surface area contributed by atoms with E-state index in [0.29, 0.717) is 22.2 Å². The number of hydrogen-bond acceptors (Lipinski definition) is 5. The van der Waals surface area contributed by atoms with Crippen molar-refractivity contribution in [1.82, 2.24) is 24.6 Å². The van der Waals surface area contributed by atoms with E-state index in [9.17, 15) is 18.0 Å². The molecule has 0 aliphatic heterocycles. The predicted octanol–water partition coefficient (Wildman–Crippen LogP) is 7.61. The maximum atomic E-state index is 12.9. The molecule has 3 aromatic carbocycles. The van der Waals surface area contributed by atoms with Gasteiger partial charge < -0.3 is 10.1 Å².